The maximum Gasteiger partial charge on any atom is 0.432 e. The third kappa shape index (κ3) is 9.16. The number of hydrogen-bond donors (Lipinski definition) is 4. The lowest BCUT2D eigenvalue weighted by atomic mass is 9.90. The summed E-state index contributed by atoms with van der Waals surface area (Å²) in [6.45, 7) is 6.31. The molecule has 126 valence electrons. The fourth-order valence-electron chi connectivity index (χ4n) is 1.26. The van der Waals surface area contributed by atoms with Crippen molar-refractivity contribution in [1.82, 2.24) is 0 Å². The summed E-state index contributed by atoms with van der Waals surface area (Å²) >= 11 is 0. The summed E-state index contributed by atoms with van der Waals surface area (Å²) in [6.07, 6.45) is 0. The maximum absolute atomic E-state index is 9.10. The second-order valence-electron chi connectivity index (χ2n) is 5.99. The molecule has 0 aliphatic carbocycles. The van der Waals surface area contributed by atoms with Crippen LogP contribution in [0.5, 0.6) is 0 Å². The molecule has 0 fully saturated rings. The van der Waals surface area contributed by atoms with Gasteiger partial charge in [-0.05, 0) is 38.8 Å². The average Bonchev–Trinajstić information content (AvgIpc) is 2.48. The molecule has 2 aromatic carbocycles. The fourth-order valence-corrected chi connectivity index (χ4v) is 1.26. The molecule has 0 heterocycles. The molecule has 0 unspecified atom stereocenters. The van der Waals surface area contributed by atoms with Crippen LogP contribution in [0.1, 0.15) is 27.7 Å². The van der Waals surface area contributed by atoms with E-state index in [1.807, 2.05) is 12.1 Å². The van der Waals surface area contributed by atoms with Crippen LogP contribution in [-0.2, 0) is 0 Å². The Labute approximate surface area is 139 Å². The van der Waals surface area contributed by atoms with Gasteiger partial charge in [0.25, 0.3) is 0 Å². The van der Waals surface area contributed by atoms with Gasteiger partial charge in [0.2, 0.25) is 0 Å². The predicted octanol–water partition coefficient (Wildman–Crippen LogP) is 2.12. The van der Waals surface area contributed by atoms with Crippen LogP contribution in [0.15, 0.2) is 60.7 Å². The van der Waals surface area contributed by atoms with Crippen LogP contribution in [0.4, 0.5) is 0 Å². The molecule has 2 rings (SSSR count). The van der Waals surface area contributed by atoms with Crippen molar-refractivity contribution < 1.29 is 20.3 Å². The molecule has 4 N–H and O–H groups in total. The summed E-state index contributed by atoms with van der Waals surface area (Å²) in [6, 6.07) is 20.8. The third-order valence-corrected chi connectivity index (χ3v) is 3.38. The van der Waals surface area contributed by atoms with Gasteiger partial charge in [-0.2, -0.15) is 0 Å². The van der Waals surface area contributed by atoms with Crippen molar-refractivity contribution in [1.29, 1.82) is 0 Å². The molecule has 0 saturated heterocycles. The van der Waals surface area contributed by atoms with E-state index in [0.29, 0.717) is 0 Å². The second kappa shape index (κ2) is 10.2. The minimum absolute atomic E-state index is 0.750. The second-order valence-corrected chi connectivity index (χ2v) is 5.99. The average molecular weight is 318 g/mol. The van der Waals surface area contributed by atoms with Gasteiger partial charge in [-0.25, -0.2) is 0 Å². The SMILES string of the molecule is CC(C)(O)C(C)(C)O.OBO.c1ccc(-c2ccccc2)cc1. The van der Waals surface area contributed by atoms with Gasteiger partial charge in [-0.3, -0.25) is 0 Å². The van der Waals surface area contributed by atoms with E-state index in [1.165, 1.54) is 11.1 Å². The highest BCUT2D eigenvalue weighted by Crippen LogP contribution is 2.19. The molecule has 0 aliphatic rings. The highest BCUT2D eigenvalue weighted by atomic mass is 16.4. The summed E-state index contributed by atoms with van der Waals surface area (Å²) in [5, 5.41) is 32.5. The van der Waals surface area contributed by atoms with Crippen LogP contribution in [0.25, 0.3) is 11.1 Å². The van der Waals surface area contributed by atoms with E-state index >= 15 is 0 Å². The first-order valence-corrected chi connectivity index (χ1v) is 7.40. The van der Waals surface area contributed by atoms with Crippen molar-refractivity contribution >= 4 is 7.69 Å². The molecule has 0 aliphatic heterocycles. The Morgan fingerprint density at radius 3 is 1.00 bits per heavy atom. The zero-order chi connectivity index (χ0) is 17.9. The molecule has 0 saturated carbocycles. The molecule has 0 bridgehead atoms. The van der Waals surface area contributed by atoms with Crippen LogP contribution in [0.3, 0.4) is 0 Å². The minimum atomic E-state index is -1.01. The molecule has 0 atom stereocenters. The molecule has 0 radical (unpaired) electrons. The highest BCUT2D eigenvalue weighted by molar-refractivity contribution is 6.13. The Morgan fingerprint density at radius 2 is 0.826 bits per heavy atom. The Bertz CT molecular complexity index is 467. The first kappa shape index (κ1) is 21.3. The van der Waals surface area contributed by atoms with Gasteiger partial charge in [0.05, 0.1) is 11.2 Å². The summed E-state index contributed by atoms with van der Waals surface area (Å²) < 4.78 is 0. The lowest BCUT2D eigenvalue weighted by Crippen LogP contribution is -2.44. The molecular formula is C18H27BO4. The largest absolute Gasteiger partial charge is 0.432 e. The van der Waals surface area contributed by atoms with Crippen molar-refractivity contribution in [3.63, 3.8) is 0 Å². The summed E-state index contributed by atoms with van der Waals surface area (Å²) in [5.41, 5.74) is 0.538. The molecule has 0 spiro atoms. The van der Waals surface area contributed by atoms with Crippen molar-refractivity contribution in [2.24, 2.45) is 0 Å². The van der Waals surface area contributed by atoms with Crippen molar-refractivity contribution in [2.45, 2.75) is 38.9 Å². The van der Waals surface area contributed by atoms with Crippen molar-refractivity contribution in [2.75, 3.05) is 0 Å². The van der Waals surface area contributed by atoms with Gasteiger partial charge < -0.3 is 20.3 Å². The fraction of sp³-hybridized carbons (Fsp3) is 0.333. The summed E-state index contributed by atoms with van der Waals surface area (Å²) in [4.78, 5) is 0. The van der Waals surface area contributed by atoms with Gasteiger partial charge in [0.15, 0.2) is 0 Å². The predicted molar refractivity (Wildman–Crippen MR) is 96.1 cm³/mol. The smallest absolute Gasteiger partial charge is 0.430 e. The van der Waals surface area contributed by atoms with Crippen molar-refractivity contribution in [3.05, 3.63) is 60.7 Å². The van der Waals surface area contributed by atoms with Gasteiger partial charge in [0, 0.05) is 0 Å². The number of rotatable bonds is 2. The Kier molecular flexibility index (Phi) is 9.45. The third-order valence-electron chi connectivity index (χ3n) is 3.38. The lowest BCUT2D eigenvalue weighted by molar-refractivity contribution is -0.107. The molecule has 0 amide bonds. The van der Waals surface area contributed by atoms with Crippen LogP contribution in [0.2, 0.25) is 0 Å². The summed E-state index contributed by atoms with van der Waals surface area (Å²) in [7, 11) is -0.750. The quantitative estimate of drug-likeness (QED) is 0.640. The Morgan fingerprint density at radius 1 is 0.609 bits per heavy atom. The van der Waals surface area contributed by atoms with Gasteiger partial charge in [0.1, 0.15) is 0 Å². The van der Waals surface area contributed by atoms with Crippen molar-refractivity contribution in [3.8, 4) is 11.1 Å². The van der Waals surface area contributed by atoms with E-state index in [1.54, 1.807) is 27.7 Å². The van der Waals surface area contributed by atoms with E-state index in [4.69, 9.17) is 20.3 Å². The van der Waals surface area contributed by atoms with Gasteiger partial charge in [-0.15, -0.1) is 0 Å². The normalized spacial score (nSPS) is 10.6. The molecule has 23 heavy (non-hydrogen) atoms. The Balaban J connectivity index is 0.000000385. The number of aliphatic hydroxyl groups is 2. The first-order valence-electron chi connectivity index (χ1n) is 7.40. The van der Waals surface area contributed by atoms with Crippen LogP contribution < -0.4 is 0 Å². The minimum Gasteiger partial charge on any atom is -0.430 e. The van der Waals surface area contributed by atoms with Gasteiger partial charge >= 0.3 is 7.69 Å². The molecule has 5 heteroatoms. The lowest BCUT2D eigenvalue weighted by Gasteiger charge is -2.31. The molecule has 2 aromatic rings. The zero-order valence-corrected chi connectivity index (χ0v) is 14.3. The monoisotopic (exact) mass is 318 g/mol. The maximum atomic E-state index is 9.10. The van der Waals surface area contributed by atoms with E-state index in [-0.39, 0.29) is 0 Å². The van der Waals surface area contributed by atoms with Gasteiger partial charge in [-0.1, -0.05) is 60.7 Å². The van der Waals surface area contributed by atoms with E-state index in [2.05, 4.69) is 48.5 Å². The van der Waals surface area contributed by atoms with Crippen LogP contribution in [-0.4, -0.2) is 39.1 Å². The molecule has 4 nitrogen and oxygen atoms in total. The van der Waals surface area contributed by atoms with E-state index in [9.17, 15) is 0 Å². The highest BCUT2D eigenvalue weighted by Gasteiger charge is 2.31. The number of benzene rings is 2. The zero-order valence-electron chi connectivity index (χ0n) is 14.3. The van der Waals surface area contributed by atoms with Crippen LogP contribution in [0, 0.1) is 0 Å². The number of hydrogen-bond acceptors (Lipinski definition) is 4. The molecular weight excluding hydrogens is 291 g/mol. The van der Waals surface area contributed by atoms with Crippen LogP contribution >= 0.6 is 0 Å². The Hall–Kier alpha value is -1.66. The van der Waals surface area contributed by atoms with E-state index in [0.717, 1.165) is 0 Å². The summed E-state index contributed by atoms with van der Waals surface area (Å²) in [5.74, 6) is 0. The topological polar surface area (TPSA) is 80.9 Å². The standard InChI is InChI=1S/C12H10.C6H14O2.BH3O2/c1-3-7-11(8-4-1)12-9-5-2-6-10-12;1-5(2,7)6(3,4)8;2-1-3/h1-10H;7-8H,1-4H3;1-3H. The van der Waals surface area contributed by atoms with E-state index < -0.39 is 18.9 Å². The first-order chi connectivity index (χ1) is 10.6. The molecule has 0 aromatic heterocycles.